The smallest absolute Gasteiger partial charge is 0.273 e. The molecule has 1 aliphatic heterocycles. The van der Waals surface area contributed by atoms with Gasteiger partial charge in [-0.2, -0.15) is 0 Å². The van der Waals surface area contributed by atoms with Gasteiger partial charge in [0.15, 0.2) is 0 Å². The average Bonchev–Trinajstić information content (AvgIpc) is 3.42. The van der Waals surface area contributed by atoms with E-state index in [1.54, 1.807) is 10.8 Å². The number of hydrogen-bond donors (Lipinski definition) is 1. The predicted molar refractivity (Wildman–Crippen MR) is 125 cm³/mol. The number of pyridine rings is 2. The molecule has 1 fully saturated rings. The van der Waals surface area contributed by atoms with Crippen LogP contribution in [0.15, 0.2) is 65.7 Å². The summed E-state index contributed by atoms with van der Waals surface area (Å²) in [4.78, 5) is 21.1. The average molecular weight is 437 g/mol. The van der Waals surface area contributed by atoms with Gasteiger partial charge in [-0.15, -0.1) is 11.3 Å². The predicted octanol–water partition coefficient (Wildman–Crippen LogP) is 4.57. The monoisotopic (exact) mass is 436 g/mol. The van der Waals surface area contributed by atoms with E-state index in [4.69, 9.17) is 11.6 Å². The minimum Gasteiger partial charge on any atom is -0.355 e. The van der Waals surface area contributed by atoms with Gasteiger partial charge in [-0.25, -0.2) is 4.98 Å². The number of nitrogens with one attached hydrogen (secondary N) is 1. The van der Waals surface area contributed by atoms with Crippen molar-refractivity contribution in [3.8, 4) is 16.1 Å². The molecule has 0 bridgehead atoms. The van der Waals surface area contributed by atoms with Gasteiger partial charge in [0, 0.05) is 40.6 Å². The fourth-order valence-electron chi connectivity index (χ4n) is 3.90. The maximum Gasteiger partial charge on any atom is 0.273 e. The topological polar surface area (TPSA) is 50.2 Å². The molecule has 4 heterocycles. The molecule has 152 valence electrons. The summed E-state index contributed by atoms with van der Waals surface area (Å²) in [6, 6.07) is 16.2. The molecule has 30 heavy (non-hydrogen) atoms. The number of anilines is 1. The maximum absolute atomic E-state index is 13.2. The van der Waals surface area contributed by atoms with Gasteiger partial charge in [0.1, 0.15) is 10.5 Å². The lowest BCUT2D eigenvalue weighted by Crippen LogP contribution is -2.29. The van der Waals surface area contributed by atoms with Crippen LogP contribution in [0.3, 0.4) is 0 Å². The highest BCUT2D eigenvalue weighted by atomic mass is 35.5. The van der Waals surface area contributed by atoms with E-state index in [0.717, 1.165) is 51.5 Å². The van der Waals surface area contributed by atoms with Crippen molar-refractivity contribution < 1.29 is 0 Å². The number of thiophene rings is 1. The van der Waals surface area contributed by atoms with Gasteiger partial charge in [-0.3, -0.25) is 9.36 Å². The molecule has 3 aromatic heterocycles. The molecule has 5 rings (SSSR count). The van der Waals surface area contributed by atoms with Gasteiger partial charge >= 0.3 is 0 Å². The Labute approximate surface area is 183 Å². The van der Waals surface area contributed by atoms with Crippen molar-refractivity contribution in [1.82, 2.24) is 14.9 Å². The molecule has 0 amide bonds. The Morgan fingerprint density at radius 3 is 2.70 bits per heavy atom. The first kappa shape index (κ1) is 19.3. The first-order chi connectivity index (χ1) is 14.6. The van der Waals surface area contributed by atoms with Crippen LogP contribution in [0.4, 0.5) is 5.82 Å². The molecular formula is C23H21ClN4OS. The van der Waals surface area contributed by atoms with Crippen molar-refractivity contribution in [3.05, 3.63) is 76.3 Å². The first-order valence-electron chi connectivity index (χ1n) is 9.92. The van der Waals surface area contributed by atoms with Crippen molar-refractivity contribution in [3.63, 3.8) is 0 Å². The summed E-state index contributed by atoms with van der Waals surface area (Å²) in [7, 11) is 2.00. The van der Waals surface area contributed by atoms with Gasteiger partial charge < -0.3 is 10.2 Å². The number of benzene rings is 1. The minimum absolute atomic E-state index is 0.0244. The van der Waals surface area contributed by atoms with E-state index in [1.807, 2.05) is 55.7 Å². The largest absolute Gasteiger partial charge is 0.355 e. The van der Waals surface area contributed by atoms with Crippen molar-refractivity contribution in [2.75, 3.05) is 25.0 Å². The van der Waals surface area contributed by atoms with Gasteiger partial charge in [-0.1, -0.05) is 23.7 Å². The molecule has 5 nitrogen and oxygen atoms in total. The Hall–Kier alpha value is -2.67. The third-order valence-corrected chi connectivity index (χ3v) is 7.08. The number of fused-ring (bicyclic) bond motifs is 1. The highest BCUT2D eigenvalue weighted by Gasteiger charge is 2.22. The van der Waals surface area contributed by atoms with Crippen LogP contribution in [-0.2, 0) is 0 Å². The normalized spacial score (nSPS) is 16.5. The number of likely N-dealkylation sites (N-methyl/N-ethyl adjacent to an activating group) is 1. The summed E-state index contributed by atoms with van der Waals surface area (Å²) in [6.07, 6.45) is 4.72. The second-order valence-electron chi connectivity index (χ2n) is 7.49. The van der Waals surface area contributed by atoms with Crippen LogP contribution in [0.1, 0.15) is 6.42 Å². The summed E-state index contributed by atoms with van der Waals surface area (Å²) in [6.45, 7) is 1.95. The van der Waals surface area contributed by atoms with Gasteiger partial charge in [-0.05, 0) is 55.4 Å². The van der Waals surface area contributed by atoms with Crippen molar-refractivity contribution in [2.45, 2.75) is 12.5 Å². The molecule has 4 aromatic rings. The number of aromatic nitrogens is 2. The third kappa shape index (κ3) is 3.51. The van der Waals surface area contributed by atoms with Crippen LogP contribution < -0.4 is 15.8 Å². The summed E-state index contributed by atoms with van der Waals surface area (Å²) < 4.78 is 2.41. The summed E-state index contributed by atoms with van der Waals surface area (Å²) in [5, 5.41) is 4.97. The number of hydrogen-bond acceptors (Lipinski definition) is 5. The zero-order chi connectivity index (χ0) is 20.7. The van der Waals surface area contributed by atoms with E-state index in [-0.39, 0.29) is 5.56 Å². The molecule has 7 heteroatoms. The van der Waals surface area contributed by atoms with E-state index < -0.39 is 0 Å². The summed E-state index contributed by atoms with van der Waals surface area (Å²) >= 11 is 7.50. The van der Waals surface area contributed by atoms with Crippen LogP contribution >= 0.6 is 22.9 Å². The summed E-state index contributed by atoms with van der Waals surface area (Å²) in [5.74, 6) is 0.951. The molecule has 1 aromatic carbocycles. The van der Waals surface area contributed by atoms with Crippen LogP contribution in [-0.4, -0.2) is 35.7 Å². The molecule has 1 atom stereocenters. The Kier molecular flexibility index (Phi) is 5.06. The van der Waals surface area contributed by atoms with Crippen LogP contribution in [0.2, 0.25) is 5.02 Å². The standard InChI is InChI=1S/C23H21ClN4OS/c1-25-18-9-10-27(14-18)21-7-6-19(13-26-21)28-11-8-16-12-20(30-22(16)23(28)29)15-2-4-17(24)5-3-15/h2-8,11-13,18,25H,9-10,14H2,1H3/t18-/m0/s1. The fourth-order valence-corrected chi connectivity index (χ4v) is 5.12. The molecule has 1 aliphatic rings. The van der Waals surface area contributed by atoms with E-state index in [1.165, 1.54) is 11.3 Å². The lowest BCUT2D eigenvalue weighted by molar-refractivity contribution is 0.616. The fraction of sp³-hybridized carbons (Fsp3) is 0.217. The first-order valence-corrected chi connectivity index (χ1v) is 11.1. The SMILES string of the molecule is CN[C@H]1CCN(c2ccc(-n3ccc4cc(-c5ccc(Cl)cc5)sc4c3=O)cn2)C1. The van der Waals surface area contributed by atoms with Crippen LogP contribution in [0, 0.1) is 0 Å². The summed E-state index contributed by atoms with van der Waals surface area (Å²) in [5.41, 5.74) is 1.81. The minimum atomic E-state index is -0.0244. The molecular weight excluding hydrogens is 416 g/mol. The third-order valence-electron chi connectivity index (χ3n) is 5.64. The Balaban J connectivity index is 1.46. The Bertz CT molecular complexity index is 1250. The number of halogens is 1. The molecule has 0 saturated carbocycles. The molecule has 1 saturated heterocycles. The van der Waals surface area contributed by atoms with E-state index in [2.05, 4.69) is 21.3 Å². The molecule has 1 N–H and O–H groups in total. The Morgan fingerprint density at radius 1 is 1.17 bits per heavy atom. The van der Waals surface area contributed by atoms with Crippen molar-refractivity contribution in [1.29, 1.82) is 0 Å². The number of nitrogens with zero attached hydrogens (tertiary/aromatic N) is 3. The molecule has 0 spiro atoms. The van der Waals surface area contributed by atoms with Crippen LogP contribution in [0.5, 0.6) is 0 Å². The van der Waals surface area contributed by atoms with Gasteiger partial charge in [0.25, 0.3) is 5.56 Å². The van der Waals surface area contributed by atoms with E-state index >= 15 is 0 Å². The highest BCUT2D eigenvalue weighted by Crippen LogP contribution is 2.32. The lowest BCUT2D eigenvalue weighted by atomic mass is 10.2. The second kappa shape index (κ2) is 7.87. The highest BCUT2D eigenvalue weighted by molar-refractivity contribution is 7.22. The zero-order valence-corrected chi connectivity index (χ0v) is 18.1. The zero-order valence-electron chi connectivity index (χ0n) is 16.5. The van der Waals surface area contributed by atoms with Gasteiger partial charge in [0.05, 0.1) is 11.9 Å². The molecule has 0 radical (unpaired) electrons. The van der Waals surface area contributed by atoms with Crippen LogP contribution in [0.25, 0.3) is 26.2 Å². The lowest BCUT2D eigenvalue weighted by Gasteiger charge is -2.17. The molecule has 0 unspecified atom stereocenters. The maximum atomic E-state index is 13.2. The van der Waals surface area contributed by atoms with Crippen molar-refractivity contribution in [2.24, 2.45) is 0 Å². The Morgan fingerprint density at radius 2 is 2.00 bits per heavy atom. The van der Waals surface area contributed by atoms with Crippen molar-refractivity contribution >= 4 is 38.8 Å². The number of rotatable bonds is 4. The quantitative estimate of drug-likeness (QED) is 0.509. The van der Waals surface area contributed by atoms with E-state index in [0.29, 0.717) is 11.1 Å². The van der Waals surface area contributed by atoms with E-state index in [9.17, 15) is 4.79 Å². The second-order valence-corrected chi connectivity index (χ2v) is 8.98. The molecule has 0 aliphatic carbocycles. The van der Waals surface area contributed by atoms with Gasteiger partial charge in [0.2, 0.25) is 0 Å².